The van der Waals surface area contributed by atoms with Crippen LogP contribution in [0.25, 0.3) is 0 Å². The topological polar surface area (TPSA) is 46.6 Å². The summed E-state index contributed by atoms with van der Waals surface area (Å²) in [5.41, 5.74) is 2.78. The molecule has 2 aromatic rings. The molecule has 118 valence electrons. The van der Waals surface area contributed by atoms with Crippen LogP contribution in [0.5, 0.6) is 0 Å². The van der Waals surface area contributed by atoms with Gasteiger partial charge in [-0.3, -0.25) is 4.79 Å². The zero-order valence-corrected chi connectivity index (χ0v) is 14.8. The van der Waals surface area contributed by atoms with Crippen LogP contribution < -0.4 is 0 Å². The molecule has 1 heterocycles. The lowest BCUT2D eigenvalue weighted by Crippen LogP contribution is -2.49. The number of benzene rings is 2. The molecule has 5 heteroatoms. The summed E-state index contributed by atoms with van der Waals surface area (Å²) in [6, 6.07) is 14.7. The quantitative estimate of drug-likeness (QED) is 0.554. The summed E-state index contributed by atoms with van der Waals surface area (Å²) in [7, 11) is 1.36. The van der Waals surface area contributed by atoms with Crippen LogP contribution in [-0.2, 0) is 22.5 Å². The van der Waals surface area contributed by atoms with Gasteiger partial charge < -0.3 is 9.64 Å². The van der Waals surface area contributed by atoms with Crippen molar-refractivity contribution in [3.63, 3.8) is 0 Å². The summed E-state index contributed by atoms with van der Waals surface area (Å²) in [5, 5.41) is 0. The van der Waals surface area contributed by atoms with Gasteiger partial charge in [0.05, 0.1) is 12.7 Å². The fraction of sp³-hybridized carbons (Fsp3) is 0.222. The van der Waals surface area contributed by atoms with E-state index in [9.17, 15) is 9.59 Å². The highest BCUT2D eigenvalue weighted by atomic mass is 127. The summed E-state index contributed by atoms with van der Waals surface area (Å²) in [4.78, 5) is 26.8. The second-order valence-corrected chi connectivity index (χ2v) is 6.59. The van der Waals surface area contributed by atoms with Crippen molar-refractivity contribution in [3.05, 3.63) is 68.8 Å². The van der Waals surface area contributed by atoms with E-state index in [1.807, 2.05) is 42.5 Å². The Morgan fingerprint density at radius 1 is 1.09 bits per heavy atom. The molecule has 0 bridgehead atoms. The molecule has 1 atom stereocenters. The highest BCUT2D eigenvalue weighted by molar-refractivity contribution is 14.1. The SMILES string of the molecule is COC(=O)C1Cc2ccccc2CN1C(=O)c1ccccc1I. The van der Waals surface area contributed by atoms with Crippen molar-refractivity contribution in [3.8, 4) is 0 Å². The number of carbonyl (C=O) groups is 2. The van der Waals surface area contributed by atoms with E-state index in [1.54, 1.807) is 11.0 Å². The lowest BCUT2D eigenvalue weighted by atomic mass is 9.93. The molecule has 4 nitrogen and oxygen atoms in total. The number of rotatable bonds is 2. The number of methoxy groups -OCH3 is 1. The van der Waals surface area contributed by atoms with E-state index < -0.39 is 6.04 Å². The molecule has 0 N–H and O–H groups in total. The number of carbonyl (C=O) groups excluding carboxylic acids is 2. The van der Waals surface area contributed by atoms with Crippen molar-refractivity contribution in [2.75, 3.05) is 7.11 Å². The van der Waals surface area contributed by atoms with Gasteiger partial charge in [-0.1, -0.05) is 36.4 Å². The Morgan fingerprint density at radius 3 is 2.43 bits per heavy atom. The molecule has 0 aromatic heterocycles. The van der Waals surface area contributed by atoms with Crippen LogP contribution in [0.3, 0.4) is 0 Å². The van der Waals surface area contributed by atoms with Crippen molar-refractivity contribution in [1.82, 2.24) is 4.90 Å². The first-order valence-electron chi connectivity index (χ1n) is 7.32. The third kappa shape index (κ3) is 3.10. The lowest BCUT2D eigenvalue weighted by molar-refractivity contribution is -0.146. The molecular formula is C18H16INO3. The molecule has 3 rings (SSSR count). The van der Waals surface area contributed by atoms with Crippen LogP contribution in [-0.4, -0.2) is 29.9 Å². The van der Waals surface area contributed by atoms with Crippen LogP contribution in [0.15, 0.2) is 48.5 Å². The minimum Gasteiger partial charge on any atom is -0.467 e. The van der Waals surface area contributed by atoms with E-state index in [0.29, 0.717) is 18.5 Å². The van der Waals surface area contributed by atoms with E-state index in [0.717, 1.165) is 14.7 Å². The van der Waals surface area contributed by atoms with Gasteiger partial charge in [-0.2, -0.15) is 0 Å². The maximum Gasteiger partial charge on any atom is 0.328 e. The number of hydrogen-bond donors (Lipinski definition) is 0. The number of nitrogens with zero attached hydrogens (tertiary/aromatic N) is 1. The van der Waals surface area contributed by atoms with Crippen LogP contribution in [0.2, 0.25) is 0 Å². The predicted molar refractivity (Wildman–Crippen MR) is 95.0 cm³/mol. The van der Waals surface area contributed by atoms with Crippen molar-refractivity contribution in [2.45, 2.75) is 19.0 Å². The molecule has 1 amide bonds. The van der Waals surface area contributed by atoms with Gasteiger partial charge in [-0.25, -0.2) is 4.79 Å². The first-order chi connectivity index (χ1) is 11.1. The van der Waals surface area contributed by atoms with Gasteiger partial charge in [0.2, 0.25) is 0 Å². The van der Waals surface area contributed by atoms with E-state index in [4.69, 9.17) is 4.74 Å². The number of ether oxygens (including phenoxy) is 1. The molecule has 1 aliphatic rings. The average Bonchev–Trinajstić information content (AvgIpc) is 2.59. The molecule has 2 aromatic carbocycles. The molecule has 0 saturated heterocycles. The van der Waals surface area contributed by atoms with Gasteiger partial charge in [-0.05, 0) is 45.9 Å². The largest absolute Gasteiger partial charge is 0.467 e. The van der Waals surface area contributed by atoms with Crippen molar-refractivity contribution in [2.24, 2.45) is 0 Å². The standard InChI is InChI=1S/C18H16INO3/c1-23-18(22)16-10-12-6-2-3-7-13(12)11-20(16)17(21)14-8-4-5-9-15(14)19/h2-9,16H,10-11H2,1H3. The molecule has 0 saturated carbocycles. The Kier molecular flexibility index (Phi) is 4.66. The van der Waals surface area contributed by atoms with Gasteiger partial charge >= 0.3 is 5.97 Å². The molecule has 0 aliphatic carbocycles. The van der Waals surface area contributed by atoms with Gasteiger partial charge in [0.15, 0.2) is 0 Å². The summed E-state index contributed by atoms with van der Waals surface area (Å²) >= 11 is 2.14. The summed E-state index contributed by atoms with van der Waals surface area (Å²) in [6.45, 7) is 0.416. The van der Waals surface area contributed by atoms with Gasteiger partial charge in [0.1, 0.15) is 6.04 Å². The highest BCUT2D eigenvalue weighted by Gasteiger charge is 2.36. The monoisotopic (exact) mass is 421 g/mol. The average molecular weight is 421 g/mol. The van der Waals surface area contributed by atoms with E-state index in [-0.39, 0.29) is 11.9 Å². The third-order valence-electron chi connectivity index (χ3n) is 4.09. The highest BCUT2D eigenvalue weighted by Crippen LogP contribution is 2.26. The third-order valence-corrected chi connectivity index (χ3v) is 5.03. The minimum absolute atomic E-state index is 0.139. The summed E-state index contributed by atoms with van der Waals surface area (Å²) < 4.78 is 5.79. The van der Waals surface area contributed by atoms with Crippen LogP contribution >= 0.6 is 22.6 Å². The fourth-order valence-electron chi connectivity index (χ4n) is 2.87. The van der Waals surface area contributed by atoms with Gasteiger partial charge in [-0.15, -0.1) is 0 Å². The number of fused-ring (bicyclic) bond motifs is 1. The molecule has 1 aliphatic heterocycles. The zero-order valence-electron chi connectivity index (χ0n) is 12.7. The normalized spacial score (nSPS) is 16.6. The number of esters is 1. The maximum atomic E-state index is 13.0. The van der Waals surface area contributed by atoms with Crippen molar-refractivity contribution >= 4 is 34.5 Å². The van der Waals surface area contributed by atoms with Crippen LogP contribution in [0, 0.1) is 3.57 Å². The Balaban J connectivity index is 1.99. The number of amides is 1. The van der Waals surface area contributed by atoms with E-state index in [2.05, 4.69) is 22.6 Å². The predicted octanol–water partition coefficient (Wildman–Crippen LogP) is 3.03. The summed E-state index contributed by atoms with van der Waals surface area (Å²) in [6.07, 6.45) is 0.484. The molecule has 0 fully saturated rings. The molecular weight excluding hydrogens is 405 g/mol. The Hall–Kier alpha value is -1.89. The van der Waals surface area contributed by atoms with Crippen molar-refractivity contribution in [1.29, 1.82) is 0 Å². The molecule has 23 heavy (non-hydrogen) atoms. The van der Waals surface area contributed by atoms with Crippen molar-refractivity contribution < 1.29 is 14.3 Å². The van der Waals surface area contributed by atoms with E-state index >= 15 is 0 Å². The maximum absolute atomic E-state index is 13.0. The molecule has 0 radical (unpaired) electrons. The smallest absolute Gasteiger partial charge is 0.328 e. The van der Waals surface area contributed by atoms with Gasteiger partial charge in [0.25, 0.3) is 5.91 Å². The number of hydrogen-bond acceptors (Lipinski definition) is 3. The van der Waals surface area contributed by atoms with Crippen LogP contribution in [0.4, 0.5) is 0 Å². The zero-order chi connectivity index (χ0) is 16.4. The van der Waals surface area contributed by atoms with Crippen LogP contribution in [0.1, 0.15) is 21.5 Å². The Labute approximate surface area is 148 Å². The molecule has 1 unspecified atom stereocenters. The van der Waals surface area contributed by atoms with Gasteiger partial charge in [0, 0.05) is 16.5 Å². The Morgan fingerprint density at radius 2 is 1.74 bits per heavy atom. The first-order valence-corrected chi connectivity index (χ1v) is 8.40. The fourth-order valence-corrected chi connectivity index (χ4v) is 3.49. The summed E-state index contributed by atoms with van der Waals surface area (Å²) in [5.74, 6) is -0.515. The minimum atomic E-state index is -0.585. The lowest BCUT2D eigenvalue weighted by Gasteiger charge is -2.35. The Bertz CT molecular complexity index is 759. The second-order valence-electron chi connectivity index (χ2n) is 5.42. The second kappa shape index (κ2) is 6.70. The molecule has 0 spiro atoms. The van der Waals surface area contributed by atoms with E-state index in [1.165, 1.54) is 7.11 Å². The first kappa shape index (κ1) is 16.0. The number of halogens is 1.